The molecule has 1 rings (SSSR count). The van der Waals surface area contributed by atoms with Crippen molar-refractivity contribution in [1.82, 2.24) is 5.32 Å². The van der Waals surface area contributed by atoms with Crippen LogP contribution in [-0.2, 0) is 4.79 Å². The molecule has 3 heteroatoms. The molecule has 0 unspecified atom stereocenters. The number of amides is 1. The van der Waals surface area contributed by atoms with E-state index in [4.69, 9.17) is 0 Å². The van der Waals surface area contributed by atoms with E-state index in [-0.39, 0.29) is 11.8 Å². The molecule has 0 bridgehead atoms. The highest BCUT2D eigenvalue weighted by Gasteiger charge is 2.21. The second-order valence-corrected chi connectivity index (χ2v) is 2.84. The van der Waals surface area contributed by atoms with E-state index in [1.165, 1.54) is 18.3 Å². The van der Waals surface area contributed by atoms with Crippen LogP contribution >= 0.6 is 12.2 Å². The van der Waals surface area contributed by atoms with Crippen LogP contribution in [0, 0.1) is 5.92 Å². The van der Waals surface area contributed by atoms with E-state index in [1.807, 2.05) is 0 Å². The SMILES string of the molecule is O=C(NC=S)C1CCCC1. The van der Waals surface area contributed by atoms with Crippen LogP contribution in [0.2, 0.25) is 0 Å². The highest BCUT2D eigenvalue weighted by Crippen LogP contribution is 2.24. The fraction of sp³-hybridized carbons (Fsp3) is 0.714. The first-order valence-corrected chi connectivity index (χ1v) is 4.06. The number of carbonyl (C=O) groups is 1. The number of carbonyl (C=O) groups excluding carboxylic acids is 1. The monoisotopic (exact) mass is 157 g/mol. The third-order valence-electron chi connectivity index (χ3n) is 1.93. The van der Waals surface area contributed by atoms with Crippen molar-refractivity contribution in [3.63, 3.8) is 0 Å². The summed E-state index contributed by atoms with van der Waals surface area (Å²) in [6.45, 7) is 0. The molecule has 0 saturated heterocycles. The molecule has 0 atom stereocenters. The Bertz CT molecular complexity index is 141. The highest BCUT2D eigenvalue weighted by molar-refractivity contribution is 7.78. The van der Waals surface area contributed by atoms with Crippen LogP contribution in [0.25, 0.3) is 0 Å². The molecular weight excluding hydrogens is 146 g/mol. The first kappa shape index (κ1) is 7.66. The van der Waals surface area contributed by atoms with E-state index >= 15 is 0 Å². The summed E-state index contributed by atoms with van der Waals surface area (Å²) in [4.78, 5) is 11.0. The van der Waals surface area contributed by atoms with Crippen LogP contribution in [0.1, 0.15) is 25.7 Å². The fourth-order valence-corrected chi connectivity index (χ4v) is 1.48. The average molecular weight is 157 g/mol. The Labute approximate surface area is 66.0 Å². The lowest BCUT2D eigenvalue weighted by atomic mass is 10.1. The second kappa shape index (κ2) is 3.66. The van der Waals surface area contributed by atoms with Crippen molar-refractivity contribution in [2.45, 2.75) is 25.7 Å². The Morgan fingerprint density at radius 1 is 1.50 bits per heavy atom. The maximum Gasteiger partial charge on any atom is 0.227 e. The van der Waals surface area contributed by atoms with Crippen LogP contribution < -0.4 is 5.32 Å². The molecule has 0 spiro atoms. The van der Waals surface area contributed by atoms with Gasteiger partial charge in [0, 0.05) is 5.92 Å². The molecule has 1 aliphatic carbocycles. The van der Waals surface area contributed by atoms with Gasteiger partial charge in [0.25, 0.3) is 0 Å². The Kier molecular flexibility index (Phi) is 2.81. The summed E-state index contributed by atoms with van der Waals surface area (Å²) in [6.07, 6.45) is 4.45. The molecule has 0 aromatic rings. The fourth-order valence-electron chi connectivity index (χ4n) is 1.36. The van der Waals surface area contributed by atoms with Gasteiger partial charge in [-0.1, -0.05) is 25.1 Å². The third kappa shape index (κ3) is 1.77. The van der Waals surface area contributed by atoms with Gasteiger partial charge < -0.3 is 5.32 Å². The van der Waals surface area contributed by atoms with Gasteiger partial charge in [-0.15, -0.1) is 0 Å². The molecule has 0 heterocycles. The van der Waals surface area contributed by atoms with Gasteiger partial charge in [0.05, 0.1) is 5.49 Å². The van der Waals surface area contributed by atoms with Crippen LogP contribution in [0.5, 0.6) is 0 Å². The maximum absolute atomic E-state index is 11.0. The van der Waals surface area contributed by atoms with Crippen molar-refractivity contribution in [2.24, 2.45) is 5.92 Å². The molecule has 1 N–H and O–H groups in total. The number of rotatable bonds is 2. The van der Waals surface area contributed by atoms with Gasteiger partial charge >= 0.3 is 0 Å². The predicted molar refractivity (Wildman–Crippen MR) is 43.8 cm³/mol. The van der Waals surface area contributed by atoms with E-state index in [0.29, 0.717) is 0 Å². The molecule has 2 nitrogen and oxygen atoms in total. The predicted octanol–water partition coefficient (Wildman–Crippen LogP) is 1.25. The van der Waals surface area contributed by atoms with Gasteiger partial charge in [-0.25, -0.2) is 0 Å². The lowest BCUT2D eigenvalue weighted by Gasteiger charge is -2.04. The number of hydrogen-bond acceptors (Lipinski definition) is 2. The molecule has 0 aromatic carbocycles. The van der Waals surface area contributed by atoms with Gasteiger partial charge in [0.1, 0.15) is 0 Å². The molecule has 56 valence electrons. The van der Waals surface area contributed by atoms with Gasteiger partial charge in [0.15, 0.2) is 0 Å². The lowest BCUT2D eigenvalue weighted by Crippen LogP contribution is -2.26. The zero-order chi connectivity index (χ0) is 7.40. The van der Waals surface area contributed by atoms with E-state index in [1.54, 1.807) is 0 Å². The summed E-state index contributed by atoms with van der Waals surface area (Å²) in [5.74, 6) is 0.340. The summed E-state index contributed by atoms with van der Waals surface area (Å²) >= 11 is 4.51. The summed E-state index contributed by atoms with van der Waals surface area (Å²) in [6, 6.07) is 0. The van der Waals surface area contributed by atoms with Crippen molar-refractivity contribution in [3.8, 4) is 0 Å². The third-order valence-corrected chi connectivity index (χ3v) is 2.04. The quantitative estimate of drug-likeness (QED) is 0.611. The van der Waals surface area contributed by atoms with Crippen molar-refractivity contribution < 1.29 is 4.79 Å². The Hall–Kier alpha value is -0.440. The molecule has 1 saturated carbocycles. The van der Waals surface area contributed by atoms with Crippen molar-refractivity contribution in [3.05, 3.63) is 0 Å². The van der Waals surface area contributed by atoms with Crippen molar-refractivity contribution in [1.29, 1.82) is 0 Å². The zero-order valence-corrected chi connectivity index (χ0v) is 6.62. The molecule has 1 aliphatic rings. The van der Waals surface area contributed by atoms with Gasteiger partial charge in [-0.3, -0.25) is 4.79 Å². The molecule has 1 amide bonds. The number of hydrogen-bond donors (Lipinski definition) is 1. The smallest absolute Gasteiger partial charge is 0.227 e. The van der Waals surface area contributed by atoms with E-state index in [2.05, 4.69) is 17.5 Å². The number of thiocarbonyl (C=S) groups is 1. The topological polar surface area (TPSA) is 29.1 Å². The lowest BCUT2D eigenvalue weighted by molar-refractivity contribution is -0.123. The normalized spacial score (nSPS) is 18.8. The number of nitrogens with one attached hydrogen (secondary N) is 1. The molecular formula is C7H11NOS. The van der Waals surface area contributed by atoms with Crippen molar-refractivity contribution in [2.75, 3.05) is 0 Å². The minimum Gasteiger partial charge on any atom is -0.323 e. The van der Waals surface area contributed by atoms with Crippen molar-refractivity contribution >= 4 is 23.6 Å². The van der Waals surface area contributed by atoms with Crippen LogP contribution in [0.3, 0.4) is 0 Å². The van der Waals surface area contributed by atoms with Crippen LogP contribution in [0.4, 0.5) is 0 Å². The van der Waals surface area contributed by atoms with E-state index in [9.17, 15) is 4.79 Å². The maximum atomic E-state index is 11.0. The molecule has 10 heavy (non-hydrogen) atoms. The second-order valence-electron chi connectivity index (χ2n) is 2.61. The summed E-state index contributed by atoms with van der Waals surface area (Å²) in [5.41, 5.74) is 1.29. The Balaban J connectivity index is 2.32. The first-order valence-electron chi connectivity index (χ1n) is 3.58. The summed E-state index contributed by atoms with van der Waals surface area (Å²) in [7, 11) is 0. The van der Waals surface area contributed by atoms with Gasteiger partial charge in [-0.05, 0) is 12.8 Å². The largest absolute Gasteiger partial charge is 0.323 e. The Morgan fingerprint density at radius 2 is 2.10 bits per heavy atom. The highest BCUT2D eigenvalue weighted by atomic mass is 32.1. The van der Waals surface area contributed by atoms with Gasteiger partial charge in [-0.2, -0.15) is 0 Å². The zero-order valence-electron chi connectivity index (χ0n) is 5.80. The standard InChI is InChI=1S/C7H11NOS/c9-7(8-5-10)6-3-1-2-4-6/h5-6H,1-4H2,(H,8,9,10). The molecule has 0 radical (unpaired) electrons. The minimum atomic E-state index is 0.104. The first-order chi connectivity index (χ1) is 4.84. The van der Waals surface area contributed by atoms with E-state index < -0.39 is 0 Å². The van der Waals surface area contributed by atoms with Crippen LogP contribution in [0.15, 0.2) is 0 Å². The minimum absolute atomic E-state index is 0.104. The Morgan fingerprint density at radius 3 is 2.60 bits per heavy atom. The summed E-state index contributed by atoms with van der Waals surface area (Å²) < 4.78 is 0. The van der Waals surface area contributed by atoms with Gasteiger partial charge in [0.2, 0.25) is 5.91 Å². The molecule has 0 aliphatic heterocycles. The molecule has 1 fully saturated rings. The average Bonchev–Trinajstić information content (AvgIpc) is 2.38. The summed E-state index contributed by atoms with van der Waals surface area (Å²) in [5, 5.41) is 2.54. The molecule has 0 aromatic heterocycles. The van der Waals surface area contributed by atoms with E-state index in [0.717, 1.165) is 12.8 Å². The van der Waals surface area contributed by atoms with Crippen LogP contribution in [-0.4, -0.2) is 11.4 Å².